The Hall–Kier alpha value is -3.33. The molecule has 3 aromatic carbocycles. The molecule has 0 bridgehead atoms. The quantitative estimate of drug-likeness (QED) is 0.495. The van der Waals surface area contributed by atoms with Crippen molar-refractivity contribution in [2.24, 2.45) is 0 Å². The minimum atomic E-state index is 0.313. The van der Waals surface area contributed by atoms with E-state index in [1.807, 2.05) is 6.07 Å². The zero-order chi connectivity index (χ0) is 17.8. The third-order valence-electron chi connectivity index (χ3n) is 5.68. The first-order valence-corrected chi connectivity index (χ1v) is 9.29. The molecule has 2 aliphatic rings. The summed E-state index contributed by atoms with van der Waals surface area (Å²) in [7, 11) is 0. The maximum absolute atomic E-state index is 5.59. The molecule has 0 N–H and O–H groups in total. The van der Waals surface area contributed by atoms with E-state index < -0.39 is 0 Å². The van der Waals surface area contributed by atoms with Crippen LogP contribution in [0.5, 0.6) is 11.5 Å². The monoisotopic (exact) mass is 352 g/mol. The van der Waals surface area contributed by atoms with Crippen molar-refractivity contribution in [2.45, 2.75) is 12.3 Å². The fourth-order valence-electron chi connectivity index (χ4n) is 4.47. The highest BCUT2D eigenvalue weighted by molar-refractivity contribution is 5.85. The van der Waals surface area contributed by atoms with Crippen LogP contribution in [-0.4, -0.2) is 6.79 Å². The van der Waals surface area contributed by atoms with Gasteiger partial charge in [0, 0.05) is 17.7 Å². The van der Waals surface area contributed by atoms with E-state index in [1.165, 1.54) is 33.3 Å². The lowest BCUT2D eigenvalue weighted by atomic mass is 9.89. The van der Waals surface area contributed by atoms with Gasteiger partial charge in [0.2, 0.25) is 18.2 Å². The molecule has 3 nitrogen and oxygen atoms in total. The third-order valence-corrected chi connectivity index (χ3v) is 5.68. The smallest absolute Gasteiger partial charge is 0.231 e. The first-order chi connectivity index (χ1) is 13.4. The van der Waals surface area contributed by atoms with Gasteiger partial charge in [-0.05, 0) is 35.6 Å². The molecule has 1 unspecified atom stereocenters. The topological polar surface area (TPSA) is 22.3 Å². The lowest BCUT2D eigenvalue weighted by Gasteiger charge is -2.10. The summed E-state index contributed by atoms with van der Waals surface area (Å²) in [4.78, 5) is 0. The summed E-state index contributed by atoms with van der Waals surface area (Å²) in [5, 5.41) is 2.61. The van der Waals surface area contributed by atoms with E-state index in [-0.39, 0.29) is 0 Å². The average Bonchev–Trinajstić information content (AvgIpc) is 3.31. The zero-order valence-electron chi connectivity index (χ0n) is 14.8. The minimum Gasteiger partial charge on any atom is -0.454 e. The number of pyridine rings is 1. The number of hydrogen-bond acceptors (Lipinski definition) is 2. The van der Waals surface area contributed by atoms with Crippen LogP contribution >= 0.6 is 0 Å². The third kappa shape index (κ3) is 2.18. The van der Waals surface area contributed by atoms with Crippen LogP contribution in [0.4, 0.5) is 0 Å². The van der Waals surface area contributed by atoms with Gasteiger partial charge in [0.1, 0.15) is 0 Å². The summed E-state index contributed by atoms with van der Waals surface area (Å²) in [6.45, 7) is 0.314. The Labute approximate surface area is 157 Å². The van der Waals surface area contributed by atoms with Gasteiger partial charge >= 0.3 is 0 Å². The van der Waals surface area contributed by atoms with E-state index >= 15 is 0 Å². The van der Waals surface area contributed by atoms with Crippen molar-refractivity contribution in [3.8, 4) is 17.2 Å². The van der Waals surface area contributed by atoms with Gasteiger partial charge in [0.05, 0.1) is 11.3 Å². The van der Waals surface area contributed by atoms with Gasteiger partial charge in [0.25, 0.3) is 0 Å². The van der Waals surface area contributed by atoms with Crippen LogP contribution in [0.3, 0.4) is 0 Å². The highest BCUT2D eigenvalue weighted by atomic mass is 16.7. The molecule has 0 aliphatic carbocycles. The van der Waals surface area contributed by atoms with Crippen molar-refractivity contribution >= 4 is 10.8 Å². The predicted molar refractivity (Wildman–Crippen MR) is 104 cm³/mol. The maximum Gasteiger partial charge on any atom is 0.231 e. The molecule has 27 heavy (non-hydrogen) atoms. The molecule has 130 valence electrons. The SMILES string of the molecule is c1ccc2c(c1)C(Cc1ccc3c(c1)OCO3)c1c3ccccc3cc[n+]1-2. The fraction of sp³-hybridized carbons (Fsp3) is 0.125. The van der Waals surface area contributed by atoms with E-state index in [4.69, 9.17) is 9.47 Å². The molecule has 0 radical (unpaired) electrons. The summed E-state index contributed by atoms with van der Waals surface area (Å²) in [6, 6.07) is 25.9. The fourth-order valence-corrected chi connectivity index (χ4v) is 4.47. The number of ether oxygens (including phenoxy) is 2. The molecular weight excluding hydrogens is 334 g/mol. The van der Waals surface area contributed by atoms with E-state index in [2.05, 4.69) is 77.5 Å². The Morgan fingerprint density at radius 1 is 0.852 bits per heavy atom. The van der Waals surface area contributed by atoms with Gasteiger partial charge in [-0.2, -0.15) is 4.57 Å². The molecule has 0 fully saturated rings. The second-order valence-electron chi connectivity index (χ2n) is 7.16. The van der Waals surface area contributed by atoms with E-state index in [1.54, 1.807) is 0 Å². The summed E-state index contributed by atoms with van der Waals surface area (Å²) in [5.41, 5.74) is 5.29. The Morgan fingerprint density at radius 2 is 1.70 bits per heavy atom. The van der Waals surface area contributed by atoms with Gasteiger partial charge in [-0.3, -0.25) is 0 Å². The van der Waals surface area contributed by atoms with Crippen molar-refractivity contribution in [1.29, 1.82) is 0 Å². The number of rotatable bonds is 2. The van der Waals surface area contributed by atoms with Crippen LogP contribution in [-0.2, 0) is 6.42 Å². The second kappa shape index (κ2) is 5.58. The molecule has 1 atom stereocenters. The summed E-state index contributed by atoms with van der Waals surface area (Å²) in [6.07, 6.45) is 3.14. The Kier molecular flexibility index (Phi) is 3.06. The van der Waals surface area contributed by atoms with E-state index in [0.29, 0.717) is 12.7 Å². The van der Waals surface area contributed by atoms with Crippen LogP contribution in [0.2, 0.25) is 0 Å². The Balaban J connectivity index is 1.53. The van der Waals surface area contributed by atoms with Crippen molar-refractivity contribution < 1.29 is 14.0 Å². The molecule has 4 aromatic rings. The normalized spacial score (nSPS) is 16.4. The number of fused-ring (bicyclic) bond motifs is 6. The zero-order valence-corrected chi connectivity index (χ0v) is 14.8. The summed E-state index contributed by atoms with van der Waals surface area (Å²) < 4.78 is 13.4. The number of hydrogen-bond donors (Lipinski definition) is 0. The first kappa shape index (κ1) is 14.8. The van der Waals surface area contributed by atoms with Crippen LogP contribution in [0, 0.1) is 0 Å². The molecule has 0 amide bonds. The van der Waals surface area contributed by atoms with E-state index in [9.17, 15) is 0 Å². The summed E-state index contributed by atoms with van der Waals surface area (Å²) >= 11 is 0. The molecule has 0 saturated heterocycles. The molecule has 1 aromatic heterocycles. The number of para-hydroxylation sites is 1. The highest BCUT2D eigenvalue weighted by Gasteiger charge is 2.38. The van der Waals surface area contributed by atoms with Crippen molar-refractivity contribution in [3.05, 3.63) is 95.8 Å². The predicted octanol–water partition coefficient (Wildman–Crippen LogP) is 4.53. The molecule has 3 heterocycles. The molecule has 0 saturated carbocycles. The van der Waals surface area contributed by atoms with Gasteiger partial charge in [-0.1, -0.05) is 42.5 Å². The van der Waals surface area contributed by atoms with Crippen molar-refractivity contribution in [3.63, 3.8) is 0 Å². The van der Waals surface area contributed by atoms with E-state index in [0.717, 1.165) is 17.9 Å². The largest absolute Gasteiger partial charge is 0.454 e. The lowest BCUT2D eigenvalue weighted by Crippen LogP contribution is -2.31. The standard InChI is InChI=1S/C24H18NO2/c1-2-6-18-17(5-1)11-12-25-21-8-4-3-7-19(21)20(24(18)25)13-16-9-10-22-23(14-16)27-15-26-22/h1-12,14,20H,13,15H2/q+1. The molecule has 6 rings (SSSR count). The van der Waals surface area contributed by atoms with Crippen LogP contribution < -0.4 is 14.0 Å². The van der Waals surface area contributed by atoms with Gasteiger partial charge in [-0.25, -0.2) is 0 Å². The van der Waals surface area contributed by atoms with Crippen LogP contribution in [0.1, 0.15) is 22.7 Å². The van der Waals surface area contributed by atoms with Crippen molar-refractivity contribution in [2.75, 3.05) is 6.79 Å². The highest BCUT2D eigenvalue weighted by Crippen LogP contribution is 2.40. The van der Waals surface area contributed by atoms with Crippen molar-refractivity contribution in [1.82, 2.24) is 0 Å². The number of benzene rings is 3. The molecular formula is C24H18NO2+. The first-order valence-electron chi connectivity index (χ1n) is 9.29. The molecule has 3 heteroatoms. The maximum atomic E-state index is 5.59. The minimum absolute atomic E-state index is 0.313. The van der Waals surface area contributed by atoms with Crippen LogP contribution in [0.25, 0.3) is 16.5 Å². The van der Waals surface area contributed by atoms with Gasteiger partial charge < -0.3 is 9.47 Å². The van der Waals surface area contributed by atoms with Gasteiger partial charge in [-0.15, -0.1) is 0 Å². The molecule has 0 spiro atoms. The second-order valence-corrected chi connectivity index (χ2v) is 7.16. The lowest BCUT2D eigenvalue weighted by molar-refractivity contribution is -0.596. The molecule has 2 aliphatic heterocycles. The Bertz CT molecular complexity index is 1200. The summed E-state index contributed by atoms with van der Waals surface area (Å²) in [5.74, 6) is 2.00. The number of aromatic nitrogens is 1. The van der Waals surface area contributed by atoms with Gasteiger partial charge in [0.15, 0.2) is 17.7 Å². The Morgan fingerprint density at radius 3 is 2.70 bits per heavy atom. The average molecular weight is 352 g/mol. The number of nitrogens with zero attached hydrogens (tertiary/aromatic N) is 1. The van der Waals surface area contributed by atoms with Crippen LogP contribution in [0.15, 0.2) is 79.0 Å².